The molecule has 1 aromatic rings. The van der Waals surface area contributed by atoms with Crippen molar-refractivity contribution in [2.45, 2.75) is 45.1 Å². The molecule has 1 aliphatic rings. The Morgan fingerprint density at radius 2 is 1.65 bits per heavy atom. The Labute approximate surface area is 147 Å². The highest BCUT2D eigenvalue weighted by molar-refractivity contribution is 5.78. The minimum Gasteiger partial charge on any atom is -0.449 e. The predicted molar refractivity (Wildman–Crippen MR) is 84.2 cm³/mol. The SMILES string of the molecule is CC.CO.OC1CC(CC(O)c2c(F)c(F)cc(F)c2F)N=C(CF)O1. The molecule has 3 atom stereocenters. The standard InChI is InChI=1S/C13H12F5NO3.C2H6.CH4O/c14-4-9-19-5(2-10(21)22-9)1-8(20)11-12(17)6(15)3-7(16)13(11)18;2*1-2/h3,5,8,10,20-21H,1-2,4H2;1-2H3;2H,1H3. The summed E-state index contributed by atoms with van der Waals surface area (Å²) in [5.41, 5.74) is -1.17. The number of nitrogens with zero attached hydrogens (tertiary/aromatic N) is 1. The van der Waals surface area contributed by atoms with Crippen LogP contribution in [-0.2, 0) is 4.74 Å². The third-order valence-electron chi connectivity index (χ3n) is 3.16. The van der Waals surface area contributed by atoms with E-state index >= 15 is 0 Å². The van der Waals surface area contributed by atoms with Crippen LogP contribution in [0.15, 0.2) is 11.1 Å². The van der Waals surface area contributed by atoms with Gasteiger partial charge in [0.1, 0.15) is 0 Å². The van der Waals surface area contributed by atoms with Crippen molar-refractivity contribution in [2.75, 3.05) is 13.8 Å². The van der Waals surface area contributed by atoms with Crippen LogP contribution >= 0.6 is 0 Å². The van der Waals surface area contributed by atoms with Gasteiger partial charge in [0.2, 0.25) is 12.2 Å². The van der Waals surface area contributed by atoms with Gasteiger partial charge in [0.15, 0.2) is 29.9 Å². The minimum absolute atomic E-state index is 0.0262. The average Bonchev–Trinajstić information content (AvgIpc) is 2.63. The van der Waals surface area contributed by atoms with Crippen molar-refractivity contribution in [3.63, 3.8) is 0 Å². The van der Waals surface area contributed by atoms with Gasteiger partial charge in [-0.3, -0.25) is 0 Å². The van der Waals surface area contributed by atoms with Crippen molar-refractivity contribution in [1.29, 1.82) is 0 Å². The van der Waals surface area contributed by atoms with Crippen LogP contribution in [0, 0.1) is 23.3 Å². The topological polar surface area (TPSA) is 82.3 Å². The molecule has 3 N–H and O–H groups in total. The molecule has 5 nitrogen and oxygen atoms in total. The summed E-state index contributed by atoms with van der Waals surface area (Å²) in [4.78, 5) is 3.69. The van der Waals surface area contributed by atoms with E-state index in [1.165, 1.54) is 0 Å². The lowest BCUT2D eigenvalue weighted by Gasteiger charge is -2.26. The van der Waals surface area contributed by atoms with Crippen molar-refractivity contribution < 1.29 is 42.0 Å². The number of aliphatic hydroxyl groups excluding tert-OH is 3. The third-order valence-corrected chi connectivity index (χ3v) is 3.16. The highest BCUT2D eigenvalue weighted by Gasteiger charge is 2.30. The number of hydrogen-bond acceptors (Lipinski definition) is 5. The highest BCUT2D eigenvalue weighted by Crippen LogP contribution is 2.30. The lowest BCUT2D eigenvalue weighted by molar-refractivity contribution is -0.0530. The molecule has 1 aromatic carbocycles. The summed E-state index contributed by atoms with van der Waals surface area (Å²) in [5.74, 6) is -7.15. The summed E-state index contributed by atoms with van der Waals surface area (Å²) in [6.45, 7) is 2.89. The largest absolute Gasteiger partial charge is 0.449 e. The molecule has 150 valence electrons. The van der Waals surface area contributed by atoms with Crippen molar-refractivity contribution in [3.8, 4) is 0 Å². The van der Waals surface area contributed by atoms with Crippen molar-refractivity contribution in [2.24, 2.45) is 4.99 Å². The summed E-state index contributed by atoms with van der Waals surface area (Å²) in [5, 5.41) is 26.2. The lowest BCUT2D eigenvalue weighted by Crippen LogP contribution is -2.31. The molecule has 3 unspecified atom stereocenters. The maximum Gasteiger partial charge on any atom is 0.218 e. The number of aliphatic imine (C=N–C) groups is 1. The first-order valence-corrected chi connectivity index (χ1v) is 7.76. The van der Waals surface area contributed by atoms with E-state index in [1.54, 1.807) is 0 Å². The molecule has 2 rings (SSSR count). The summed E-state index contributed by atoms with van der Waals surface area (Å²) in [7, 11) is 1.00. The quantitative estimate of drug-likeness (QED) is 0.548. The molecule has 10 heteroatoms. The van der Waals surface area contributed by atoms with Crippen LogP contribution in [0.3, 0.4) is 0 Å². The van der Waals surface area contributed by atoms with E-state index in [-0.39, 0.29) is 12.5 Å². The second kappa shape index (κ2) is 11.8. The fraction of sp³-hybridized carbons (Fsp3) is 0.562. The second-order valence-electron chi connectivity index (χ2n) is 4.75. The fourth-order valence-electron chi connectivity index (χ4n) is 2.20. The van der Waals surface area contributed by atoms with E-state index < -0.39 is 66.3 Å². The van der Waals surface area contributed by atoms with Crippen LogP contribution in [0.4, 0.5) is 22.0 Å². The van der Waals surface area contributed by atoms with Gasteiger partial charge >= 0.3 is 0 Å². The molecule has 0 spiro atoms. The van der Waals surface area contributed by atoms with E-state index in [0.29, 0.717) is 0 Å². The molecular weight excluding hydrogens is 365 g/mol. The Kier molecular flexibility index (Phi) is 11.0. The zero-order chi connectivity index (χ0) is 20.4. The normalized spacial score (nSPS) is 19.9. The lowest BCUT2D eigenvalue weighted by atomic mass is 9.98. The van der Waals surface area contributed by atoms with Gasteiger partial charge < -0.3 is 20.1 Å². The Morgan fingerprint density at radius 3 is 2.12 bits per heavy atom. The minimum atomic E-state index is -1.93. The third kappa shape index (κ3) is 6.19. The number of halogens is 5. The first-order chi connectivity index (χ1) is 12.3. The van der Waals surface area contributed by atoms with Gasteiger partial charge in [-0.1, -0.05) is 13.8 Å². The molecule has 0 aliphatic carbocycles. The van der Waals surface area contributed by atoms with Crippen LogP contribution < -0.4 is 0 Å². The van der Waals surface area contributed by atoms with Crippen LogP contribution in [-0.4, -0.2) is 47.3 Å². The molecule has 0 amide bonds. The monoisotopic (exact) mass is 387 g/mol. The predicted octanol–water partition coefficient (Wildman–Crippen LogP) is 2.78. The molecule has 1 heterocycles. The van der Waals surface area contributed by atoms with E-state index in [1.807, 2.05) is 13.8 Å². The first kappa shape index (κ1) is 24.2. The van der Waals surface area contributed by atoms with Gasteiger partial charge in [-0.2, -0.15) is 0 Å². The molecule has 0 fully saturated rings. The van der Waals surface area contributed by atoms with E-state index in [2.05, 4.69) is 9.73 Å². The molecule has 0 saturated carbocycles. The Balaban J connectivity index is 0.00000146. The highest BCUT2D eigenvalue weighted by atomic mass is 19.2. The summed E-state index contributed by atoms with van der Waals surface area (Å²) in [6.07, 6.45) is -3.95. The van der Waals surface area contributed by atoms with Crippen LogP contribution in [0.5, 0.6) is 0 Å². The number of rotatable bonds is 4. The van der Waals surface area contributed by atoms with E-state index in [9.17, 15) is 32.2 Å². The molecule has 0 bridgehead atoms. The number of hydrogen-bond donors (Lipinski definition) is 3. The molecule has 1 aliphatic heterocycles. The van der Waals surface area contributed by atoms with Crippen molar-refractivity contribution >= 4 is 5.90 Å². The first-order valence-electron chi connectivity index (χ1n) is 7.76. The zero-order valence-corrected chi connectivity index (χ0v) is 14.5. The van der Waals surface area contributed by atoms with Gasteiger partial charge in [0.05, 0.1) is 17.7 Å². The zero-order valence-electron chi connectivity index (χ0n) is 14.5. The van der Waals surface area contributed by atoms with Gasteiger partial charge in [0, 0.05) is 26.0 Å². The smallest absolute Gasteiger partial charge is 0.218 e. The number of alkyl halides is 1. The summed E-state index contributed by atoms with van der Waals surface area (Å²) in [6, 6.07) is -0.895. The van der Waals surface area contributed by atoms with Gasteiger partial charge in [-0.25, -0.2) is 26.9 Å². The molecule has 0 saturated heterocycles. The Bertz CT molecular complexity index is 574. The second-order valence-corrected chi connectivity index (χ2v) is 4.75. The number of ether oxygens (including phenoxy) is 1. The van der Waals surface area contributed by atoms with Crippen molar-refractivity contribution in [1.82, 2.24) is 0 Å². The number of benzene rings is 1. The fourth-order valence-corrected chi connectivity index (χ4v) is 2.20. The average molecular weight is 387 g/mol. The van der Waals surface area contributed by atoms with Gasteiger partial charge in [-0.15, -0.1) is 0 Å². The summed E-state index contributed by atoms with van der Waals surface area (Å²) >= 11 is 0. The molecule has 26 heavy (non-hydrogen) atoms. The molecule has 0 aromatic heterocycles. The Hall–Kier alpha value is -1.78. The summed E-state index contributed by atoms with van der Waals surface area (Å²) < 4.78 is 70.4. The van der Waals surface area contributed by atoms with Gasteiger partial charge in [0.25, 0.3) is 0 Å². The van der Waals surface area contributed by atoms with Crippen LogP contribution in [0.2, 0.25) is 0 Å². The van der Waals surface area contributed by atoms with Gasteiger partial charge in [-0.05, 0) is 0 Å². The number of aliphatic hydroxyl groups is 3. The van der Waals surface area contributed by atoms with E-state index in [0.717, 1.165) is 7.11 Å². The van der Waals surface area contributed by atoms with Crippen molar-refractivity contribution in [3.05, 3.63) is 34.9 Å². The maximum atomic E-state index is 13.6. The Morgan fingerprint density at radius 1 is 1.15 bits per heavy atom. The maximum absolute atomic E-state index is 13.6. The van der Waals surface area contributed by atoms with Crippen LogP contribution in [0.25, 0.3) is 0 Å². The van der Waals surface area contributed by atoms with E-state index in [4.69, 9.17) is 5.11 Å². The van der Waals surface area contributed by atoms with Crippen LogP contribution in [0.1, 0.15) is 38.4 Å². The molecule has 0 radical (unpaired) electrons. The molecular formula is C16H22F5NO4.